The molecule has 0 unspecified atom stereocenters. The van der Waals surface area contributed by atoms with Gasteiger partial charge in [-0.25, -0.2) is 18.6 Å². The Morgan fingerprint density at radius 3 is 0.667 bits per heavy atom. The van der Waals surface area contributed by atoms with Crippen LogP contribution in [0, 0.1) is 10.2 Å². The van der Waals surface area contributed by atoms with Gasteiger partial charge in [0.15, 0.2) is 0 Å². The summed E-state index contributed by atoms with van der Waals surface area (Å²) in [5, 5.41) is 0. The Bertz CT molecular complexity index is 130. The first kappa shape index (κ1) is 14.7. The van der Waals surface area contributed by atoms with Crippen LogP contribution in [0.2, 0.25) is 0 Å². The average molecular weight is 244 g/mol. The van der Waals surface area contributed by atoms with Crippen LogP contribution in [0.3, 0.4) is 0 Å². The third kappa shape index (κ3) is 43200. The Labute approximate surface area is 63.0 Å². The van der Waals surface area contributed by atoms with Gasteiger partial charge in [0, 0.05) is 0 Å². The molecule has 0 amide bonds. The molecule has 0 rings (SSSR count). The zero-order valence-electron chi connectivity index (χ0n) is 4.73. The minimum Gasteiger partial charge on any atom is -0.222 e. The van der Waals surface area contributed by atoms with E-state index in [0.29, 0.717) is 0 Å². The van der Waals surface area contributed by atoms with Crippen molar-refractivity contribution < 1.29 is 54.1 Å². The molecule has 0 aromatic rings. The van der Waals surface area contributed by atoms with Gasteiger partial charge in [0.25, 0.3) is 0 Å². The third-order valence-corrected chi connectivity index (χ3v) is 0. The number of hydrogen-bond donors (Lipinski definition) is 0. The minimum atomic E-state index is -10.7. The Balaban J connectivity index is 0. The van der Waals surface area contributed by atoms with Crippen molar-refractivity contribution in [3.63, 3.8) is 0 Å². The third-order valence-electron chi connectivity index (χ3n) is 0. The van der Waals surface area contributed by atoms with Gasteiger partial charge >= 0.3 is 33.0 Å². The molecule has 0 spiro atoms. The summed E-state index contributed by atoms with van der Waals surface area (Å²) in [5.74, 6) is 0. The van der Waals surface area contributed by atoms with E-state index in [9.17, 15) is 25.2 Å². The van der Waals surface area contributed by atoms with E-state index in [2.05, 4.69) is 0 Å². The first-order valence-corrected chi connectivity index (χ1v) is 4.89. The van der Waals surface area contributed by atoms with Gasteiger partial charge in [-0.15, -0.1) is 10.2 Å². The van der Waals surface area contributed by atoms with Crippen LogP contribution in [0.25, 0.3) is 0 Å². The van der Waals surface area contributed by atoms with Crippen LogP contribution in [-0.4, -0.2) is 0 Å². The molecule has 0 aliphatic carbocycles. The topological polar surface area (TPSA) is 92.2 Å². The number of rotatable bonds is 0. The van der Waals surface area contributed by atoms with Crippen molar-refractivity contribution in [1.29, 1.82) is 0 Å². The van der Waals surface area contributed by atoms with E-state index in [0.717, 1.165) is 0 Å². The van der Waals surface area contributed by atoms with Crippen LogP contribution in [0.15, 0.2) is 0 Å². The van der Waals surface area contributed by atoms with Gasteiger partial charge in [-0.1, -0.05) is 0 Å². The van der Waals surface area contributed by atoms with E-state index in [-0.39, 0.29) is 0 Å². The first-order valence-electron chi connectivity index (χ1n) is 1.63. The van der Waals surface area contributed by atoms with E-state index in [1.54, 1.807) is 0 Å². The molecule has 0 bridgehead atoms. The summed E-state index contributed by atoms with van der Waals surface area (Å²) < 4.78 is 93.2. The van der Waals surface area contributed by atoms with E-state index in [1.165, 1.54) is 0 Å². The molecule has 0 atom stereocenters. The molecule has 12 heteroatoms. The van der Waals surface area contributed by atoms with Crippen molar-refractivity contribution in [1.82, 2.24) is 0 Å². The van der Waals surface area contributed by atoms with Crippen molar-refractivity contribution >= 4 is 7.81 Å². The molecule has 4 nitrogen and oxygen atoms in total. The zero-order chi connectivity index (χ0) is 10.9. The van der Waals surface area contributed by atoms with Gasteiger partial charge in [0.1, 0.15) is 0 Å². The smallest absolute Gasteiger partial charge is 0.112 e. The van der Waals surface area contributed by atoms with Gasteiger partial charge in [-0.05, 0) is 0 Å². The SMILES string of the molecule is F[P-](F)(F)(F)(F)F.[O-][Cl+3]([O-])([O-])[O-]. The first-order chi connectivity index (χ1) is 4.45. The molecular weight excluding hydrogens is 244 g/mol. The molecule has 0 fully saturated rings. The van der Waals surface area contributed by atoms with Gasteiger partial charge in [-0.2, -0.15) is 0 Å². The van der Waals surface area contributed by atoms with Crippen molar-refractivity contribution in [2.24, 2.45) is 0 Å². The Morgan fingerprint density at radius 1 is 0.667 bits per heavy atom. The molecule has 0 N–H and O–H groups in total. The summed E-state index contributed by atoms with van der Waals surface area (Å²) in [6, 6.07) is 0. The fourth-order valence-corrected chi connectivity index (χ4v) is 0. The van der Waals surface area contributed by atoms with Crippen LogP contribution in [0.1, 0.15) is 0 Å². The second-order valence-corrected chi connectivity index (χ2v) is 4.01. The van der Waals surface area contributed by atoms with E-state index in [4.69, 9.17) is 18.6 Å². The number of hydrogen-bond acceptors (Lipinski definition) is 4. The maximum Gasteiger partial charge on any atom is -0.112 e. The maximum absolute atomic E-state index is 10.7. The molecule has 0 radical (unpaired) electrons. The van der Waals surface area contributed by atoms with Crippen molar-refractivity contribution in [2.75, 3.05) is 0 Å². The van der Waals surface area contributed by atoms with Crippen LogP contribution in [-0.2, 0) is 0 Å². The Morgan fingerprint density at radius 2 is 0.667 bits per heavy atom. The predicted octanol–water partition coefficient (Wildman–Crippen LogP) is -1.37. The summed E-state index contributed by atoms with van der Waals surface area (Å²) in [6.45, 7) is 0. The Hall–Kier alpha value is 0.140. The van der Waals surface area contributed by atoms with Gasteiger partial charge < -0.3 is 0 Å². The monoisotopic (exact) mass is 244 g/mol. The normalized spacial score (nSPS) is 18.5. The van der Waals surface area contributed by atoms with Gasteiger partial charge in [0.2, 0.25) is 0 Å². The molecule has 0 saturated carbocycles. The predicted molar refractivity (Wildman–Crippen MR) is 13.6 cm³/mol. The fourth-order valence-electron chi connectivity index (χ4n) is 0. The molecule has 0 aromatic heterocycles. The van der Waals surface area contributed by atoms with Gasteiger partial charge in [-0.3, -0.25) is 0 Å². The molecule has 80 valence electrons. The molecule has 0 aromatic carbocycles. The molecule has 0 saturated heterocycles. The zero-order valence-corrected chi connectivity index (χ0v) is 6.38. The van der Waals surface area contributed by atoms with E-state index < -0.39 is 18.1 Å². The van der Waals surface area contributed by atoms with Crippen LogP contribution in [0.5, 0.6) is 0 Å². The van der Waals surface area contributed by atoms with E-state index in [1.807, 2.05) is 0 Å². The standard InChI is InChI=1S/ClHO4.F6P/c2-1(3,4)5;1-7(2,3,4,5)6/h(H,2,3,4,5);/q;-1/p-1. The Kier molecular flexibility index (Phi) is 3.13. The second-order valence-electron chi connectivity index (χ2n) is 1.34. The minimum absolute atomic E-state index is 4.94. The average Bonchev–Trinajstić information content (AvgIpc) is 1.04. The molecular formula is ClF6O4P-2. The number of halogens is 7. The largest absolute Gasteiger partial charge is 0.222 e. The van der Waals surface area contributed by atoms with E-state index >= 15 is 0 Å². The van der Waals surface area contributed by atoms with Crippen LogP contribution < -0.4 is 18.6 Å². The molecule has 0 heterocycles. The quantitative estimate of drug-likeness (QED) is 0.388. The van der Waals surface area contributed by atoms with Crippen molar-refractivity contribution in [3.8, 4) is 0 Å². The van der Waals surface area contributed by atoms with Crippen LogP contribution >= 0.6 is 7.81 Å². The molecule has 0 aliphatic rings. The summed E-state index contributed by atoms with van der Waals surface area (Å²) in [5.41, 5.74) is 0. The van der Waals surface area contributed by atoms with Crippen molar-refractivity contribution in [2.45, 2.75) is 0 Å². The van der Waals surface area contributed by atoms with Gasteiger partial charge in [0.05, 0.1) is 0 Å². The fraction of sp³-hybridized carbons (Fsp3) is 0. The maximum atomic E-state index is 9.87. The summed E-state index contributed by atoms with van der Waals surface area (Å²) >= 11 is 0. The molecule has 0 aliphatic heterocycles. The summed E-state index contributed by atoms with van der Waals surface area (Å²) in [4.78, 5) is 0. The summed E-state index contributed by atoms with van der Waals surface area (Å²) in [7, 11) is -15.6. The second kappa shape index (κ2) is 2.56. The molecule has 12 heavy (non-hydrogen) atoms. The van der Waals surface area contributed by atoms with Crippen LogP contribution in [0.4, 0.5) is 25.2 Å². The van der Waals surface area contributed by atoms with Crippen molar-refractivity contribution in [3.05, 3.63) is 0 Å². The summed E-state index contributed by atoms with van der Waals surface area (Å²) in [6.07, 6.45) is 0.